The minimum absolute atomic E-state index is 0.0443. The van der Waals surface area contributed by atoms with Gasteiger partial charge in [-0.2, -0.15) is 0 Å². The fourth-order valence-electron chi connectivity index (χ4n) is 2.11. The molecule has 94 valence electrons. The van der Waals surface area contributed by atoms with E-state index in [2.05, 4.69) is 12.2 Å². The Labute approximate surface area is 97.4 Å². The molecule has 2 unspecified atom stereocenters. The van der Waals surface area contributed by atoms with Gasteiger partial charge in [-0.05, 0) is 32.1 Å². The monoisotopic (exact) mass is 229 g/mol. The predicted octanol–water partition coefficient (Wildman–Crippen LogP) is 1.08. The Bertz CT molecular complexity index is 208. The van der Waals surface area contributed by atoms with E-state index in [9.17, 15) is 4.79 Å². The molecule has 1 fully saturated rings. The van der Waals surface area contributed by atoms with E-state index in [4.69, 9.17) is 9.84 Å². The van der Waals surface area contributed by atoms with Gasteiger partial charge in [-0.3, -0.25) is 4.79 Å². The van der Waals surface area contributed by atoms with Gasteiger partial charge in [-0.1, -0.05) is 6.92 Å². The van der Waals surface area contributed by atoms with E-state index in [-0.39, 0.29) is 24.5 Å². The third-order valence-electron chi connectivity index (χ3n) is 3.08. The van der Waals surface area contributed by atoms with Crippen LogP contribution in [-0.2, 0) is 9.53 Å². The second-order valence-electron chi connectivity index (χ2n) is 4.29. The Morgan fingerprint density at radius 3 is 2.94 bits per heavy atom. The number of hydrogen-bond donors (Lipinski definition) is 2. The fraction of sp³-hybridized carbons (Fsp3) is 0.917. The van der Waals surface area contributed by atoms with Crippen LogP contribution >= 0.6 is 0 Å². The van der Waals surface area contributed by atoms with Crippen LogP contribution in [0.3, 0.4) is 0 Å². The van der Waals surface area contributed by atoms with E-state index in [1.165, 1.54) is 0 Å². The summed E-state index contributed by atoms with van der Waals surface area (Å²) in [6, 6.07) is 0. The van der Waals surface area contributed by atoms with Gasteiger partial charge in [0.25, 0.3) is 0 Å². The molecule has 1 rings (SSSR count). The van der Waals surface area contributed by atoms with Gasteiger partial charge in [0.15, 0.2) is 0 Å². The summed E-state index contributed by atoms with van der Waals surface area (Å²) in [4.78, 5) is 11.8. The number of carbonyl (C=O) groups is 1. The molecule has 1 heterocycles. The van der Waals surface area contributed by atoms with Crippen LogP contribution in [0, 0.1) is 5.92 Å². The molecule has 0 spiro atoms. The van der Waals surface area contributed by atoms with Crippen LogP contribution in [0.2, 0.25) is 0 Å². The van der Waals surface area contributed by atoms with E-state index in [1.54, 1.807) is 0 Å². The molecular formula is C12H23NO3. The molecule has 1 saturated heterocycles. The first-order chi connectivity index (χ1) is 7.79. The Balaban J connectivity index is 2.14. The van der Waals surface area contributed by atoms with Crippen molar-refractivity contribution in [3.05, 3.63) is 0 Å². The third-order valence-corrected chi connectivity index (χ3v) is 3.08. The van der Waals surface area contributed by atoms with E-state index in [1.807, 2.05) is 0 Å². The van der Waals surface area contributed by atoms with Gasteiger partial charge >= 0.3 is 0 Å². The number of rotatable bonds is 7. The Hall–Kier alpha value is -0.610. The number of carbonyl (C=O) groups excluding carboxylic acids is 1. The normalized spacial score (nSPS) is 24.6. The Kier molecular flexibility index (Phi) is 6.42. The highest BCUT2D eigenvalue weighted by Gasteiger charge is 2.32. The maximum absolute atomic E-state index is 11.8. The molecule has 0 aliphatic carbocycles. The number of ether oxygens (including phenoxy) is 1. The SMILES string of the molecule is CCC1OCCC1C(=O)NCCCCCO. The average molecular weight is 229 g/mol. The first-order valence-electron chi connectivity index (χ1n) is 6.29. The van der Waals surface area contributed by atoms with Crippen LogP contribution in [0.5, 0.6) is 0 Å². The van der Waals surface area contributed by atoms with Gasteiger partial charge in [0.05, 0.1) is 12.0 Å². The van der Waals surface area contributed by atoms with E-state index in [0.717, 1.165) is 32.1 Å². The molecular weight excluding hydrogens is 206 g/mol. The molecule has 0 radical (unpaired) electrons. The van der Waals surface area contributed by atoms with Crippen LogP contribution in [0.1, 0.15) is 39.0 Å². The zero-order chi connectivity index (χ0) is 11.8. The minimum atomic E-state index is 0.0443. The molecule has 1 aliphatic rings. The molecule has 0 saturated carbocycles. The summed E-state index contributed by atoms with van der Waals surface area (Å²) >= 11 is 0. The van der Waals surface area contributed by atoms with Crippen molar-refractivity contribution < 1.29 is 14.6 Å². The predicted molar refractivity (Wildman–Crippen MR) is 62.1 cm³/mol. The van der Waals surface area contributed by atoms with Gasteiger partial charge in [-0.25, -0.2) is 0 Å². The van der Waals surface area contributed by atoms with Crippen molar-refractivity contribution in [3.8, 4) is 0 Å². The molecule has 4 nitrogen and oxygen atoms in total. The lowest BCUT2D eigenvalue weighted by molar-refractivity contribution is -0.126. The molecule has 16 heavy (non-hydrogen) atoms. The lowest BCUT2D eigenvalue weighted by Gasteiger charge is -2.16. The smallest absolute Gasteiger partial charge is 0.225 e. The minimum Gasteiger partial charge on any atom is -0.396 e. The summed E-state index contributed by atoms with van der Waals surface area (Å²) in [6.07, 6.45) is 4.59. The highest BCUT2D eigenvalue weighted by Crippen LogP contribution is 2.23. The molecule has 1 aliphatic heterocycles. The molecule has 2 atom stereocenters. The van der Waals surface area contributed by atoms with Crippen LogP contribution in [0.25, 0.3) is 0 Å². The first kappa shape index (κ1) is 13.5. The van der Waals surface area contributed by atoms with Gasteiger partial charge in [-0.15, -0.1) is 0 Å². The summed E-state index contributed by atoms with van der Waals surface area (Å²) in [6.45, 7) is 3.71. The van der Waals surface area contributed by atoms with Crippen LogP contribution in [0.15, 0.2) is 0 Å². The zero-order valence-electron chi connectivity index (χ0n) is 10.1. The van der Waals surface area contributed by atoms with Crippen molar-refractivity contribution in [1.29, 1.82) is 0 Å². The van der Waals surface area contributed by atoms with Gasteiger partial charge in [0.2, 0.25) is 5.91 Å². The van der Waals surface area contributed by atoms with Crippen molar-refractivity contribution >= 4 is 5.91 Å². The van der Waals surface area contributed by atoms with E-state index in [0.29, 0.717) is 13.2 Å². The van der Waals surface area contributed by atoms with Crippen molar-refractivity contribution in [1.82, 2.24) is 5.32 Å². The summed E-state index contributed by atoms with van der Waals surface area (Å²) in [5, 5.41) is 11.6. The number of nitrogens with one attached hydrogen (secondary N) is 1. The van der Waals surface area contributed by atoms with Crippen molar-refractivity contribution in [3.63, 3.8) is 0 Å². The molecule has 0 aromatic rings. The maximum atomic E-state index is 11.8. The summed E-state index contributed by atoms with van der Waals surface area (Å²) in [5.41, 5.74) is 0. The lowest BCUT2D eigenvalue weighted by atomic mass is 9.99. The van der Waals surface area contributed by atoms with E-state index < -0.39 is 0 Å². The second kappa shape index (κ2) is 7.63. The molecule has 2 N–H and O–H groups in total. The quantitative estimate of drug-likeness (QED) is 0.642. The van der Waals surface area contributed by atoms with Crippen molar-refractivity contribution in [2.24, 2.45) is 5.92 Å². The van der Waals surface area contributed by atoms with Crippen molar-refractivity contribution in [2.75, 3.05) is 19.8 Å². The van der Waals surface area contributed by atoms with Crippen LogP contribution in [0.4, 0.5) is 0 Å². The molecule has 4 heteroatoms. The number of aliphatic hydroxyl groups is 1. The second-order valence-corrected chi connectivity index (χ2v) is 4.29. The van der Waals surface area contributed by atoms with Crippen molar-refractivity contribution in [2.45, 2.75) is 45.1 Å². The van der Waals surface area contributed by atoms with Crippen LogP contribution < -0.4 is 5.32 Å². The maximum Gasteiger partial charge on any atom is 0.225 e. The average Bonchev–Trinajstić information content (AvgIpc) is 2.76. The van der Waals surface area contributed by atoms with Gasteiger partial charge in [0.1, 0.15) is 0 Å². The highest BCUT2D eigenvalue weighted by molar-refractivity contribution is 5.79. The number of hydrogen-bond acceptors (Lipinski definition) is 3. The van der Waals surface area contributed by atoms with Crippen LogP contribution in [-0.4, -0.2) is 36.9 Å². The lowest BCUT2D eigenvalue weighted by Crippen LogP contribution is -2.35. The summed E-state index contributed by atoms with van der Waals surface area (Å²) in [7, 11) is 0. The van der Waals surface area contributed by atoms with Gasteiger partial charge in [0, 0.05) is 19.8 Å². The standard InChI is InChI=1S/C12H23NO3/c1-2-11-10(6-9-16-11)12(15)13-7-4-3-5-8-14/h10-11,14H,2-9H2,1H3,(H,13,15). The molecule has 0 aromatic heterocycles. The number of aliphatic hydroxyl groups excluding tert-OH is 1. The highest BCUT2D eigenvalue weighted by atomic mass is 16.5. The summed E-state index contributed by atoms with van der Waals surface area (Å²) < 4.78 is 5.49. The van der Waals surface area contributed by atoms with Gasteiger partial charge < -0.3 is 15.2 Å². The largest absolute Gasteiger partial charge is 0.396 e. The third kappa shape index (κ3) is 4.10. The Morgan fingerprint density at radius 2 is 2.25 bits per heavy atom. The zero-order valence-corrected chi connectivity index (χ0v) is 10.1. The Morgan fingerprint density at radius 1 is 1.44 bits per heavy atom. The molecule has 1 amide bonds. The topological polar surface area (TPSA) is 58.6 Å². The van der Waals surface area contributed by atoms with E-state index >= 15 is 0 Å². The number of unbranched alkanes of at least 4 members (excludes halogenated alkanes) is 2. The fourth-order valence-corrected chi connectivity index (χ4v) is 2.11. The first-order valence-corrected chi connectivity index (χ1v) is 6.29. The molecule has 0 aromatic carbocycles. The molecule has 0 bridgehead atoms. The number of amides is 1. The summed E-state index contributed by atoms with van der Waals surface area (Å²) in [5.74, 6) is 0.177.